The summed E-state index contributed by atoms with van der Waals surface area (Å²) < 4.78 is 3.60. The molecular weight excluding hydrogens is 653 g/mol. The van der Waals surface area contributed by atoms with Crippen LogP contribution in [-0.4, -0.2) is 49.9 Å². The number of aryl methyl sites for hydroxylation is 2. The van der Waals surface area contributed by atoms with Crippen LogP contribution in [0, 0.1) is 0 Å². The lowest BCUT2D eigenvalue weighted by atomic mass is 9.73. The molecule has 4 aromatic carbocycles. The first kappa shape index (κ1) is 31.4. The molecule has 0 aliphatic heterocycles. The maximum absolute atomic E-state index is 12.3. The summed E-state index contributed by atoms with van der Waals surface area (Å²) in [5.74, 6) is 1.92. The predicted octanol–water partition coefficient (Wildman–Crippen LogP) is 5.05. The molecule has 12 heteroatoms. The molecule has 0 saturated carbocycles. The fraction of sp³-hybridized carbons (Fsp3) is 0.200. The van der Waals surface area contributed by atoms with Gasteiger partial charge in [-0.1, -0.05) is 84.9 Å². The van der Waals surface area contributed by atoms with Crippen molar-refractivity contribution in [2.75, 3.05) is 0 Å². The lowest BCUT2D eigenvalue weighted by Gasteiger charge is -2.32. The molecule has 4 unspecified atom stereocenters. The van der Waals surface area contributed by atoms with Gasteiger partial charge in [-0.05, 0) is 47.2 Å². The van der Waals surface area contributed by atoms with Crippen LogP contribution in [-0.2, 0) is 26.9 Å². The van der Waals surface area contributed by atoms with Gasteiger partial charge in [-0.3, -0.25) is 19.0 Å². The summed E-state index contributed by atoms with van der Waals surface area (Å²) in [5, 5.41) is 26.1. The minimum Gasteiger partial charge on any atom is -0.267 e. The molecule has 0 bridgehead atoms. The zero-order valence-electron chi connectivity index (χ0n) is 28.5. The third kappa shape index (κ3) is 5.13. The molecule has 0 saturated heterocycles. The second-order valence-corrected chi connectivity index (χ2v) is 13.4. The number of hydrogen-bond acceptors (Lipinski definition) is 8. The second kappa shape index (κ2) is 12.6. The fourth-order valence-corrected chi connectivity index (χ4v) is 8.32. The molecule has 2 aliphatic carbocycles. The van der Waals surface area contributed by atoms with Gasteiger partial charge >= 0.3 is 0 Å². The van der Waals surface area contributed by atoms with Gasteiger partial charge in [0.15, 0.2) is 0 Å². The highest BCUT2D eigenvalue weighted by Gasteiger charge is 2.38. The van der Waals surface area contributed by atoms with Crippen molar-refractivity contribution in [3.63, 3.8) is 0 Å². The third-order valence-electron chi connectivity index (χ3n) is 10.6. The van der Waals surface area contributed by atoms with Crippen LogP contribution in [0.5, 0.6) is 0 Å². The Balaban J connectivity index is 0.000000138. The smallest absolute Gasteiger partial charge is 0.267 e. The third-order valence-corrected chi connectivity index (χ3v) is 10.6. The SMILES string of the molecule is Cn1ncnc1C1c2n[nH]c(=O)c3cccc(c23)CC1c1ccccc1.Cn1ncnc1C1c2n[nH]c(=O)c3cccc(c23)CC1c1ccccc1. The van der Waals surface area contributed by atoms with Gasteiger partial charge in [0.25, 0.3) is 11.1 Å². The Hall–Kier alpha value is -6.56. The van der Waals surface area contributed by atoms with E-state index in [1.807, 2.05) is 50.5 Å². The Morgan fingerprint density at radius 2 is 0.981 bits per heavy atom. The number of nitrogens with zero attached hydrogens (tertiary/aromatic N) is 8. The summed E-state index contributed by atoms with van der Waals surface area (Å²) in [5.41, 5.74) is 6.21. The minimum absolute atomic E-state index is 0.0702. The van der Waals surface area contributed by atoms with Crippen LogP contribution >= 0.6 is 0 Å². The predicted molar refractivity (Wildman–Crippen MR) is 196 cm³/mol. The van der Waals surface area contributed by atoms with Crippen molar-refractivity contribution >= 4 is 21.5 Å². The summed E-state index contributed by atoms with van der Waals surface area (Å²) in [4.78, 5) is 33.6. The van der Waals surface area contributed by atoms with E-state index < -0.39 is 0 Å². The van der Waals surface area contributed by atoms with Crippen molar-refractivity contribution in [1.82, 2.24) is 49.9 Å². The zero-order valence-corrected chi connectivity index (χ0v) is 28.5. The average Bonchev–Trinajstić information content (AvgIpc) is 3.82. The first-order valence-electron chi connectivity index (χ1n) is 17.3. The molecule has 2 N–H and O–H groups in total. The number of rotatable bonds is 4. The molecule has 4 atom stereocenters. The number of aromatic amines is 2. The topological polar surface area (TPSA) is 153 Å². The van der Waals surface area contributed by atoms with Crippen LogP contribution in [0.15, 0.2) is 119 Å². The summed E-state index contributed by atoms with van der Waals surface area (Å²) in [6.45, 7) is 0. The number of aromatic nitrogens is 10. The van der Waals surface area contributed by atoms with Gasteiger partial charge in [0.05, 0.1) is 34.0 Å². The summed E-state index contributed by atoms with van der Waals surface area (Å²) in [6.07, 6.45) is 4.80. The second-order valence-electron chi connectivity index (χ2n) is 13.4. The van der Waals surface area contributed by atoms with E-state index in [2.05, 4.69) is 101 Å². The first-order valence-corrected chi connectivity index (χ1v) is 17.3. The van der Waals surface area contributed by atoms with E-state index in [0.717, 1.165) is 57.8 Å². The van der Waals surface area contributed by atoms with Crippen LogP contribution in [0.1, 0.15) is 69.0 Å². The summed E-state index contributed by atoms with van der Waals surface area (Å²) in [6, 6.07) is 32.6. The molecule has 256 valence electrons. The number of benzene rings is 4. The molecule has 4 heterocycles. The monoisotopic (exact) mass is 686 g/mol. The Kier molecular flexibility index (Phi) is 7.64. The highest BCUT2D eigenvalue weighted by molar-refractivity contribution is 5.89. The Morgan fingerprint density at radius 1 is 0.558 bits per heavy atom. The van der Waals surface area contributed by atoms with Gasteiger partial charge < -0.3 is 0 Å². The molecule has 0 fully saturated rings. The van der Waals surface area contributed by atoms with E-state index in [-0.39, 0.29) is 34.8 Å². The van der Waals surface area contributed by atoms with Gasteiger partial charge in [-0.15, -0.1) is 0 Å². The highest BCUT2D eigenvalue weighted by atomic mass is 16.1. The van der Waals surface area contributed by atoms with Crippen LogP contribution in [0.4, 0.5) is 0 Å². The van der Waals surface area contributed by atoms with E-state index in [4.69, 9.17) is 0 Å². The van der Waals surface area contributed by atoms with Crippen molar-refractivity contribution < 1.29 is 0 Å². The molecule has 2 aliphatic rings. The van der Waals surface area contributed by atoms with E-state index in [1.54, 1.807) is 22.0 Å². The van der Waals surface area contributed by atoms with Crippen molar-refractivity contribution in [3.05, 3.63) is 176 Å². The standard InChI is InChI=1S/2C20H17N5O/c2*1-25-19(21-11-22-25)17-15(12-6-3-2-4-7-12)10-13-8-5-9-14-16(13)18(17)23-24-20(14)26/h2*2-9,11,15,17H,10H2,1H3,(H,24,26). The van der Waals surface area contributed by atoms with Gasteiger partial charge in [0.1, 0.15) is 24.3 Å². The van der Waals surface area contributed by atoms with Crippen LogP contribution < -0.4 is 11.1 Å². The average molecular weight is 687 g/mol. The van der Waals surface area contributed by atoms with Crippen LogP contribution in [0.3, 0.4) is 0 Å². The maximum Gasteiger partial charge on any atom is 0.272 e. The Labute approximate surface area is 297 Å². The maximum atomic E-state index is 12.3. The molecule has 52 heavy (non-hydrogen) atoms. The van der Waals surface area contributed by atoms with Gasteiger partial charge in [0, 0.05) is 36.7 Å². The summed E-state index contributed by atoms with van der Waals surface area (Å²) >= 11 is 0. The normalized spacial score (nSPS) is 19.0. The molecule has 8 aromatic rings. The van der Waals surface area contributed by atoms with Gasteiger partial charge in [0.2, 0.25) is 0 Å². The molecular formula is C40H34N10O2. The molecule has 0 amide bonds. The highest BCUT2D eigenvalue weighted by Crippen LogP contribution is 2.47. The molecule has 0 radical (unpaired) electrons. The fourth-order valence-electron chi connectivity index (χ4n) is 8.32. The molecule has 12 nitrogen and oxygen atoms in total. The van der Waals surface area contributed by atoms with E-state index in [0.29, 0.717) is 10.8 Å². The van der Waals surface area contributed by atoms with E-state index in [9.17, 15) is 9.59 Å². The molecule has 0 spiro atoms. The van der Waals surface area contributed by atoms with Crippen LogP contribution in [0.2, 0.25) is 0 Å². The Morgan fingerprint density at radius 3 is 1.37 bits per heavy atom. The molecule has 10 rings (SSSR count). The van der Waals surface area contributed by atoms with Crippen molar-refractivity contribution in [1.29, 1.82) is 0 Å². The Bertz CT molecular complexity index is 2510. The number of H-pyrrole nitrogens is 2. The van der Waals surface area contributed by atoms with Crippen molar-refractivity contribution in [2.45, 2.75) is 36.5 Å². The summed E-state index contributed by atoms with van der Waals surface area (Å²) in [7, 11) is 3.79. The van der Waals surface area contributed by atoms with Gasteiger partial charge in [-0.2, -0.15) is 20.4 Å². The van der Waals surface area contributed by atoms with E-state index in [1.165, 1.54) is 11.1 Å². The number of hydrogen-bond donors (Lipinski definition) is 2. The number of nitrogens with one attached hydrogen (secondary N) is 2. The van der Waals surface area contributed by atoms with Crippen LogP contribution in [0.25, 0.3) is 21.5 Å². The largest absolute Gasteiger partial charge is 0.272 e. The quantitative estimate of drug-likeness (QED) is 0.261. The van der Waals surface area contributed by atoms with Gasteiger partial charge in [-0.25, -0.2) is 20.2 Å². The lowest BCUT2D eigenvalue weighted by molar-refractivity contribution is 0.522. The zero-order chi connectivity index (χ0) is 35.3. The first-order chi connectivity index (χ1) is 25.5. The lowest BCUT2D eigenvalue weighted by Crippen LogP contribution is -2.26. The van der Waals surface area contributed by atoms with E-state index >= 15 is 0 Å². The van der Waals surface area contributed by atoms with Crippen molar-refractivity contribution in [3.8, 4) is 0 Å². The van der Waals surface area contributed by atoms with Crippen molar-refractivity contribution in [2.24, 2.45) is 14.1 Å². The molecule has 4 aromatic heterocycles. The minimum atomic E-state index is -0.152.